The van der Waals surface area contributed by atoms with E-state index in [1.165, 1.54) is 11.1 Å². The van der Waals surface area contributed by atoms with E-state index in [0.29, 0.717) is 0 Å². The van der Waals surface area contributed by atoms with Crippen LogP contribution in [0.15, 0.2) is 60.7 Å². The Hall–Kier alpha value is -1.93. The molecule has 0 aromatic heterocycles. The summed E-state index contributed by atoms with van der Waals surface area (Å²) in [6, 6.07) is 20.8. The molecule has 0 fully saturated rings. The van der Waals surface area contributed by atoms with Crippen molar-refractivity contribution in [3.05, 3.63) is 60.7 Å². The van der Waals surface area contributed by atoms with Crippen molar-refractivity contribution in [2.24, 2.45) is 5.41 Å². The topological polar surface area (TPSA) is 26.3 Å². The Morgan fingerprint density at radius 1 is 0.857 bits per heavy atom. The molecular formula is C19H24O2. The minimum Gasteiger partial charge on any atom is -0.373 e. The molecule has 0 aliphatic heterocycles. The second-order valence-electron chi connectivity index (χ2n) is 5.89. The Balaban J connectivity index is 0.000000222. The fraction of sp³-hybridized carbons (Fsp3) is 0.316. The number of rotatable bonds is 3. The molecule has 2 heteroatoms. The van der Waals surface area contributed by atoms with E-state index in [9.17, 15) is 4.79 Å². The zero-order valence-corrected chi connectivity index (χ0v) is 13.2. The SMILES string of the molecule is COC(C=O)C(C)(C)C.c1ccc(-c2ccccc2)cc1. The molecule has 2 aromatic carbocycles. The molecule has 0 aliphatic carbocycles. The number of carbonyl (C=O) groups excluding carboxylic acids is 1. The highest BCUT2D eigenvalue weighted by Crippen LogP contribution is 2.19. The standard InChI is InChI=1S/C12H10.C7H14O2/c1-3-7-11(8-4-1)12-9-5-2-6-10-12;1-7(2,3)6(5-8)9-4/h1-10H;5-6H,1-4H3. The summed E-state index contributed by atoms with van der Waals surface area (Å²) >= 11 is 0. The van der Waals surface area contributed by atoms with Crippen molar-refractivity contribution < 1.29 is 9.53 Å². The highest BCUT2D eigenvalue weighted by Gasteiger charge is 2.22. The summed E-state index contributed by atoms with van der Waals surface area (Å²) < 4.78 is 4.90. The maximum Gasteiger partial charge on any atom is 0.149 e. The third-order valence-electron chi connectivity index (χ3n) is 3.11. The first-order valence-corrected chi connectivity index (χ1v) is 7.07. The average Bonchev–Trinajstić information content (AvgIpc) is 2.49. The lowest BCUT2D eigenvalue weighted by molar-refractivity contribution is -0.121. The van der Waals surface area contributed by atoms with E-state index in [4.69, 9.17) is 4.74 Å². The first-order chi connectivity index (χ1) is 9.99. The summed E-state index contributed by atoms with van der Waals surface area (Å²) in [6.45, 7) is 5.90. The minimum absolute atomic E-state index is 0.0729. The van der Waals surface area contributed by atoms with Crippen molar-refractivity contribution in [3.63, 3.8) is 0 Å². The van der Waals surface area contributed by atoms with Gasteiger partial charge in [0.05, 0.1) is 0 Å². The molecule has 0 saturated carbocycles. The van der Waals surface area contributed by atoms with Crippen molar-refractivity contribution in [3.8, 4) is 11.1 Å². The number of carbonyl (C=O) groups is 1. The molecule has 0 aliphatic rings. The van der Waals surface area contributed by atoms with Gasteiger partial charge in [0.1, 0.15) is 12.4 Å². The fourth-order valence-electron chi connectivity index (χ4n) is 1.87. The van der Waals surface area contributed by atoms with Gasteiger partial charge in [-0.25, -0.2) is 0 Å². The Kier molecular flexibility index (Phi) is 6.83. The summed E-state index contributed by atoms with van der Waals surface area (Å²) in [5.41, 5.74) is 2.48. The zero-order chi connectivity index (χ0) is 15.7. The monoisotopic (exact) mass is 284 g/mol. The van der Waals surface area contributed by atoms with E-state index in [1.54, 1.807) is 7.11 Å². The van der Waals surface area contributed by atoms with Crippen molar-refractivity contribution >= 4 is 6.29 Å². The molecule has 0 amide bonds. The normalized spacial score (nSPS) is 12.0. The Labute approximate surface area is 127 Å². The van der Waals surface area contributed by atoms with Crippen LogP contribution < -0.4 is 0 Å². The molecule has 0 radical (unpaired) electrons. The highest BCUT2D eigenvalue weighted by molar-refractivity contribution is 5.62. The van der Waals surface area contributed by atoms with Crippen LogP contribution in [0.1, 0.15) is 20.8 Å². The molecule has 2 rings (SSSR count). The Morgan fingerprint density at radius 3 is 1.43 bits per heavy atom. The minimum atomic E-state index is -0.280. The van der Waals surface area contributed by atoms with Crippen LogP contribution in [0.3, 0.4) is 0 Å². The van der Waals surface area contributed by atoms with Crippen LogP contribution in [0, 0.1) is 5.41 Å². The maximum absolute atomic E-state index is 10.3. The van der Waals surface area contributed by atoms with E-state index in [-0.39, 0.29) is 11.5 Å². The number of hydrogen-bond donors (Lipinski definition) is 0. The first-order valence-electron chi connectivity index (χ1n) is 7.07. The Bertz CT molecular complexity index is 475. The van der Waals surface area contributed by atoms with Gasteiger partial charge in [-0.3, -0.25) is 0 Å². The van der Waals surface area contributed by atoms with Crippen LogP contribution in [0.5, 0.6) is 0 Å². The second kappa shape index (κ2) is 8.38. The molecule has 2 nitrogen and oxygen atoms in total. The molecule has 21 heavy (non-hydrogen) atoms. The van der Waals surface area contributed by atoms with Crippen molar-refractivity contribution in [1.82, 2.24) is 0 Å². The van der Waals surface area contributed by atoms with Crippen LogP contribution in [0.25, 0.3) is 11.1 Å². The smallest absolute Gasteiger partial charge is 0.149 e. The molecule has 0 bridgehead atoms. The predicted molar refractivity (Wildman–Crippen MR) is 88.2 cm³/mol. The summed E-state index contributed by atoms with van der Waals surface area (Å²) in [4.78, 5) is 10.3. The first kappa shape index (κ1) is 17.1. The molecule has 0 heterocycles. The van der Waals surface area contributed by atoms with Gasteiger partial charge in [-0.2, -0.15) is 0 Å². The largest absolute Gasteiger partial charge is 0.373 e. The van der Waals surface area contributed by atoms with Crippen molar-refractivity contribution in [2.75, 3.05) is 7.11 Å². The second-order valence-corrected chi connectivity index (χ2v) is 5.89. The van der Waals surface area contributed by atoms with Crippen LogP contribution >= 0.6 is 0 Å². The zero-order valence-electron chi connectivity index (χ0n) is 13.2. The molecular weight excluding hydrogens is 260 g/mol. The van der Waals surface area contributed by atoms with E-state index >= 15 is 0 Å². The van der Waals surface area contributed by atoms with Gasteiger partial charge in [0.25, 0.3) is 0 Å². The summed E-state index contributed by atoms with van der Waals surface area (Å²) in [5, 5.41) is 0. The highest BCUT2D eigenvalue weighted by atomic mass is 16.5. The summed E-state index contributed by atoms with van der Waals surface area (Å²) in [6.07, 6.45) is 0.553. The van der Waals surface area contributed by atoms with Crippen LogP contribution in [0.4, 0.5) is 0 Å². The molecule has 0 saturated heterocycles. The van der Waals surface area contributed by atoms with Crippen molar-refractivity contribution in [1.29, 1.82) is 0 Å². The molecule has 1 atom stereocenters. The molecule has 2 aromatic rings. The van der Waals surface area contributed by atoms with Gasteiger partial charge < -0.3 is 9.53 Å². The predicted octanol–water partition coefficient (Wildman–Crippen LogP) is 4.60. The lowest BCUT2D eigenvalue weighted by atomic mass is 9.90. The third kappa shape index (κ3) is 5.92. The van der Waals surface area contributed by atoms with Crippen molar-refractivity contribution in [2.45, 2.75) is 26.9 Å². The van der Waals surface area contributed by atoms with Gasteiger partial charge >= 0.3 is 0 Å². The van der Waals surface area contributed by atoms with Crippen LogP contribution in [-0.4, -0.2) is 19.5 Å². The van der Waals surface area contributed by atoms with Gasteiger partial charge in [-0.1, -0.05) is 81.4 Å². The lowest BCUT2D eigenvalue weighted by Gasteiger charge is -2.23. The maximum atomic E-state index is 10.3. The van der Waals surface area contributed by atoms with Gasteiger partial charge in [-0.05, 0) is 16.5 Å². The van der Waals surface area contributed by atoms with Gasteiger partial charge in [0.15, 0.2) is 0 Å². The molecule has 0 spiro atoms. The molecule has 1 unspecified atom stereocenters. The van der Waals surface area contributed by atoms with Crippen LogP contribution in [-0.2, 0) is 9.53 Å². The quantitative estimate of drug-likeness (QED) is 0.770. The third-order valence-corrected chi connectivity index (χ3v) is 3.11. The van der Waals surface area contributed by atoms with E-state index < -0.39 is 0 Å². The Morgan fingerprint density at radius 2 is 1.24 bits per heavy atom. The summed E-state index contributed by atoms with van der Waals surface area (Å²) in [5.74, 6) is 0. The molecule has 112 valence electrons. The number of ether oxygens (including phenoxy) is 1. The number of hydrogen-bond acceptors (Lipinski definition) is 2. The van der Waals surface area contributed by atoms with E-state index in [2.05, 4.69) is 48.5 Å². The fourth-order valence-corrected chi connectivity index (χ4v) is 1.87. The number of benzene rings is 2. The number of aldehydes is 1. The van der Waals surface area contributed by atoms with Gasteiger partial charge in [0, 0.05) is 7.11 Å². The number of methoxy groups -OCH3 is 1. The lowest BCUT2D eigenvalue weighted by Crippen LogP contribution is -2.29. The van der Waals surface area contributed by atoms with E-state index in [0.717, 1.165) is 6.29 Å². The van der Waals surface area contributed by atoms with Gasteiger partial charge in [0.2, 0.25) is 0 Å². The molecule has 0 N–H and O–H groups in total. The van der Waals surface area contributed by atoms with E-state index in [1.807, 2.05) is 32.9 Å². The van der Waals surface area contributed by atoms with Crippen LogP contribution in [0.2, 0.25) is 0 Å². The van der Waals surface area contributed by atoms with Gasteiger partial charge in [-0.15, -0.1) is 0 Å². The summed E-state index contributed by atoms with van der Waals surface area (Å²) in [7, 11) is 1.55. The average molecular weight is 284 g/mol.